The lowest BCUT2D eigenvalue weighted by Gasteiger charge is -2.30. The van der Waals surface area contributed by atoms with Gasteiger partial charge in [0.25, 0.3) is 0 Å². The van der Waals surface area contributed by atoms with Crippen LogP contribution in [0.2, 0.25) is 0 Å². The third-order valence-corrected chi connectivity index (χ3v) is 5.50. The van der Waals surface area contributed by atoms with E-state index in [1.165, 1.54) is 17.3 Å². The minimum atomic E-state index is 0.0326. The summed E-state index contributed by atoms with van der Waals surface area (Å²) in [6.07, 6.45) is 1.67. The van der Waals surface area contributed by atoms with Crippen molar-refractivity contribution in [3.8, 4) is 0 Å². The lowest BCUT2D eigenvalue weighted by molar-refractivity contribution is -0.132. The van der Waals surface area contributed by atoms with Gasteiger partial charge in [0.05, 0.1) is 36.2 Å². The number of aromatic nitrogens is 1. The van der Waals surface area contributed by atoms with Crippen LogP contribution in [0.25, 0.3) is 0 Å². The maximum atomic E-state index is 12.2. The van der Waals surface area contributed by atoms with E-state index in [-0.39, 0.29) is 18.1 Å². The second-order valence-corrected chi connectivity index (χ2v) is 6.99. The van der Waals surface area contributed by atoms with Crippen LogP contribution < -0.4 is 0 Å². The molecule has 0 radical (unpaired) electrons. The van der Waals surface area contributed by atoms with Gasteiger partial charge in [0.15, 0.2) is 0 Å². The maximum absolute atomic E-state index is 12.2. The first-order valence-corrected chi connectivity index (χ1v) is 9.22. The summed E-state index contributed by atoms with van der Waals surface area (Å²) in [4.78, 5) is 18.8. The van der Waals surface area contributed by atoms with Crippen molar-refractivity contribution < 1.29 is 19.0 Å². The lowest BCUT2D eigenvalue weighted by Crippen LogP contribution is -2.41. The van der Waals surface area contributed by atoms with Crippen LogP contribution in [-0.2, 0) is 31.8 Å². The molecule has 1 amide bonds. The molecule has 1 fully saturated rings. The van der Waals surface area contributed by atoms with Gasteiger partial charge in [0.1, 0.15) is 0 Å². The predicted octanol–water partition coefficient (Wildman–Crippen LogP) is 1.16. The van der Waals surface area contributed by atoms with Gasteiger partial charge < -0.3 is 19.1 Å². The molecule has 2 unspecified atom stereocenters. The van der Waals surface area contributed by atoms with E-state index in [1.807, 2.05) is 11.0 Å². The highest BCUT2D eigenvalue weighted by Crippen LogP contribution is 2.26. The fraction of sp³-hybridized carbons (Fsp3) is 0.647. The standard InChI is InChI=1S/C17H24N2O4S/c1-21-14-9-12-3-4-16(18-13(12)10-15(14)22-2)24-11-17(20)19-5-7-23-8-6-19/h3-4,14-15H,5-11H2,1-2H3. The van der Waals surface area contributed by atoms with Gasteiger partial charge in [-0.25, -0.2) is 4.98 Å². The van der Waals surface area contributed by atoms with E-state index in [0.29, 0.717) is 32.1 Å². The van der Waals surface area contributed by atoms with Gasteiger partial charge in [-0.15, -0.1) is 0 Å². The Hall–Kier alpha value is -1.15. The van der Waals surface area contributed by atoms with Gasteiger partial charge >= 0.3 is 0 Å². The average molecular weight is 352 g/mol. The highest BCUT2D eigenvalue weighted by Gasteiger charge is 2.29. The normalized spacial score (nSPS) is 23.8. The van der Waals surface area contributed by atoms with E-state index in [1.54, 1.807) is 14.2 Å². The minimum absolute atomic E-state index is 0.0326. The fourth-order valence-corrected chi connectivity index (χ4v) is 3.93. The van der Waals surface area contributed by atoms with Gasteiger partial charge in [-0.3, -0.25) is 4.79 Å². The first-order valence-electron chi connectivity index (χ1n) is 8.24. The number of rotatable bonds is 5. The van der Waals surface area contributed by atoms with E-state index in [4.69, 9.17) is 19.2 Å². The summed E-state index contributed by atoms with van der Waals surface area (Å²) >= 11 is 1.50. The molecule has 1 aromatic heterocycles. The molecule has 2 atom stereocenters. The molecule has 1 aliphatic heterocycles. The van der Waals surface area contributed by atoms with Gasteiger partial charge in [-0.05, 0) is 11.6 Å². The van der Waals surface area contributed by atoms with Gasteiger partial charge in [-0.1, -0.05) is 17.8 Å². The third-order valence-electron chi connectivity index (χ3n) is 4.59. The summed E-state index contributed by atoms with van der Waals surface area (Å²) in [6, 6.07) is 4.09. The molecule has 0 N–H and O–H groups in total. The molecule has 0 bridgehead atoms. The Morgan fingerprint density at radius 1 is 1.25 bits per heavy atom. The van der Waals surface area contributed by atoms with Crippen LogP contribution in [0.1, 0.15) is 11.3 Å². The molecule has 24 heavy (non-hydrogen) atoms. The number of methoxy groups -OCH3 is 2. The summed E-state index contributed by atoms with van der Waals surface area (Å²) in [5.74, 6) is 0.567. The average Bonchev–Trinajstić information content (AvgIpc) is 2.65. The number of fused-ring (bicyclic) bond motifs is 1. The molecule has 2 aliphatic rings. The Kier molecular flexibility index (Phi) is 6.10. The number of morpholine rings is 1. The van der Waals surface area contributed by atoms with Crippen molar-refractivity contribution in [1.82, 2.24) is 9.88 Å². The largest absolute Gasteiger partial charge is 0.378 e. The molecule has 132 valence electrons. The van der Waals surface area contributed by atoms with E-state index in [0.717, 1.165) is 23.6 Å². The van der Waals surface area contributed by atoms with Crippen LogP contribution in [0.15, 0.2) is 17.2 Å². The molecule has 3 rings (SSSR count). The van der Waals surface area contributed by atoms with Crippen LogP contribution in [0, 0.1) is 0 Å². The van der Waals surface area contributed by atoms with Crippen LogP contribution >= 0.6 is 11.8 Å². The second kappa shape index (κ2) is 8.29. The number of pyridine rings is 1. The highest BCUT2D eigenvalue weighted by molar-refractivity contribution is 7.99. The van der Waals surface area contributed by atoms with Crippen molar-refractivity contribution in [2.24, 2.45) is 0 Å². The molecule has 6 nitrogen and oxygen atoms in total. The van der Waals surface area contributed by atoms with Crippen molar-refractivity contribution in [1.29, 1.82) is 0 Å². The Labute approximate surface area is 146 Å². The Balaban J connectivity index is 1.61. The highest BCUT2D eigenvalue weighted by atomic mass is 32.2. The number of ether oxygens (including phenoxy) is 3. The van der Waals surface area contributed by atoms with E-state index >= 15 is 0 Å². The predicted molar refractivity (Wildman–Crippen MR) is 91.4 cm³/mol. The van der Waals surface area contributed by atoms with E-state index in [9.17, 15) is 4.79 Å². The summed E-state index contributed by atoms with van der Waals surface area (Å²) in [6.45, 7) is 2.63. The molecule has 7 heteroatoms. The molecule has 2 heterocycles. The topological polar surface area (TPSA) is 60.9 Å². The van der Waals surface area contributed by atoms with Crippen LogP contribution in [0.3, 0.4) is 0 Å². The zero-order valence-corrected chi connectivity index (χ0v) is 15.0. The van der Waals surface area contributed by atoms with Crippen LogP contribution in [0.5, 0.6) is 0 Å². The summed E-state index contributed by atoms with van der Waals surface area (Å²) < 4.78 is 16.3. The SMILES string of the molecule is COC1Cc2ccc(SCC(=O)N3CCOCC3)nc2CC1OC. The summed E-state index contributed by atoms with van der Waals surface area (Å²) in [5.41, 5.74) is 2.26. The first kappa shape index (κ1) is 17.7. The first-order chi connectivity index (χ1) is 11.7. The summed E-state index contributed by atoms with van der Waals surface area (Å²) in [5, 5.41) is 0.890. The number of carbonyl (C=O) groups is 1. The molecular formula is C17H24N2O4S. The van der Waals surface area contributed by atoms with Gasteiger partial charge in [0, 0.05) is 45.8 Å². The van der Waals surface area contributed by atoms with Gasteiger partial charge in [-0.2, -0.15) is 0 Å². The number of hydrogen-bond donors (Lipinski definition) is 0. The molecule has 0 aromatic carbocycles. The van der Waals surface area contributed by atoms with E-state index in [2.05, 4.69) is 6.07 Å². The molecule has 1 aliphatic carbocycles. The molecular weight excluding hydrogens is 328 g/mol. The zero-order chi connectivity index (χ0) is 16.9. The molecule has 0 saturated carbocycles. The van der Waals surface area contributed by atoms with Crippen LogP contribution in [-0.4, -0.2) is 74.3 Å². The Morgan fingerprint density at radius 2 is 1.96 bits per heavy atom. The van der Waals surface area contributed by atoms with Crippen molar-refractivity contribution >= 4 is 17.7 Å². The van der Waals surface area contributed by atoms with Gasteiger partial charge in [0.2, 0.25) is 5.91 Å². The number of hydrogen-bond acceptors (Lipinski definition) is 6. The van der Waals surface area contributed by atoms with Crippen LogP contribution in [0.4, 0.5) is 0 Å². The van der Waals surface area contributed by atoms with Crippen molar-refractivity contribution in [3.63, 3.8) is 0 Å². The lowest BCUT2D eigenvalue weighted by atomic mass is 9.91. The number of carbonyl (C=O) groups excluding carboxylic acids is 1. The number of nitrogens with zero attached hydrogens (tertiary/aromatic N) is 2. The van der Waals surface area contributed by atoms with Crippen molar-refractivity contribution in [2.45, 2.75) is 30.1 Å². The number of thioether (sulfide) groups is 1. The quantitative estimate of drug-likeness (QED) is 0.741. The second-order valence-electron chi connectivity index (χ2n) is 5.99. The summed E-state index contributed by atoms with van der Waals surface area (Å²) in [7, 11) is 3.43. The minimum Gasteiger partial charge on any atom is -0.378 e. The molecule has 0 spiro atoms. The fourth-order valence-electron chi connectivity index (χ4n) is 3.13. The molecule has 1 saturated heterocycles. The Bertz CT molecular complexity index is 578. The monoisotopic (exact) mass is 352 g/mol. The number of amides is 1. The van der Waals surface area contributed by atoms with Crippen molar-refractivity contribution in [3.05, 3.63) is 23.4 Å². The van der Waals surface area contributed by atoms with E-state index < -0.39 is 0 Å². The maximum Gasteiger partial charge on any atom is 0.233 e. The Morgan fingerprint density at radius 3 is 2.67 bits per heavy atom. The third kappa shape index (κ3) is 4.08. The zero-order valence-electron chi connectivity index (χ0n) is 14.2. The smallest absolute Gasteiger partial charge is 0.233 e. The van der Waals surface area contributed by atoms with Crippen molar-refractivity contribution in [2.75, 3.05) is 46.3 Å². The molecule has 1 aromatic rings.